The predicted octanol–water partition coefficient (Wildman–Crippen LogP) is 12.2. The van der Waals surface area contributed by atoms with Gasteiger partial charge in [-0.1, -0.05) is 103 Å². The molecule has 0 saturated heterocycles. The Hall–Kier alpha value is -7.37. The van der Waals surface area contributed by atoms with Crippen molar-refractivity contribution in [2.45, 2.75) is 0 Å². The number of hydrogen-bond donors (Lipinski definition) is 0. The van der Waals surface area contributed by atoms with Gasteiger partial charge in [-0.2, -0.15) is 0 Å². The lowest BCUT2D eigenvalue weighted by Gasteiger charge is -2.12. The van der Waals surface area contributed by atoms with Crippen molar-refractivity contribution in [1.82, 2.24) is 24.1 Å². The molecule has 0 aliphatic carbocycles. The lowest BCUT2D eigenvalue weighted by atomic mass is 10.0. The number of rotatable bonds is 5. The monoisotopic (exact) mass is 689 g/mol. The average molecular weight is 690 g/mol. The van der Waals surface area contributed by atoms with Gasteiger partial charge >= 0.3 is 0 Å². The molecule has 252 valence electrons. The molecule has 0 saturated carbocycles. The van der Waals surface area contributed by atoms with Crippen molar-refractivity contribution in [3.05, 3.63) is 188 Å². The summed E-state index contributed by atoms with van der Waals surface area (Å²) in [5, 5.41) is 7.33. The first kappa shape index (κ1) is 30.3. The Labute approximate surface area is 311 Å². The van der Waals surface area contributed by atoms with Gasteiger partial charge in [-0.05, 0) is 78.2 Å². The standard InChI is InChI=1S/C49H31N5/c1-3-13-32(14-4-1)44-27-34(42-19-11-12-26-50-42)28-45(52-44)43-25-23-36(31-51-43)53-46-20-9-8-18-38(46)41-30-40-33(29-48(41)53)22-24-39-37-17-7-10-21-47(37)54(49(39)40)35-15-5-2-6-16-35/h1-31H. The molecule has 0 aliphatic rings. The van der Waals surface area contributed by atoms with Crippen molar-refractivity contribution in [2.75, 3.05) is 0 Å². The number of para-hydroxylation sites is 3. The average Bonchev–Trinajstić information content (AvgIpc) is 3.76. The molecule has 11 aromatic rings. The third kappa shape index (κ3) is 4.76. The van der Waals surface area contributed by atoms with Crippen molar-refractivity contribution in [3.63, 3.8) is 0 Å². The molecule has 54 heavy (non-hydrogen) atoms. The van der Waals surface area contributed by atoms with Gasteiger partial charge in [0.15, 0.2) is 0 Å². The third-order valence-electron chi connectivity index (χ3n) is 10.6. The second kappa shape index (κ2) is 12.1. The minimum atomic E-state index is 0.801. The Morgan fingerprint density at radius 1 is 0.352 bits per heavy atom. The summed E-state index contributed by atoms with van der Waals surface area (Å²) in [6, 6.07) is 62.0. The molecule has 5 heterocycles. The van der Waals surface area contributed by atoms with Crippen molar-refractivity contribution in [3.8, 4) is 45.3 Å². The summed E-state index contributed by atoms with van der Waals surface area (Å²) in [6.07, 6.45) is 3.80. The summed E-state index contributed by atoms with van der Waals surface area (Å²) in [4.78, 5) is 14.8. The van der Waals surface area contributed by atoms with Crippen LogP contribution < -0.4 is 0 Å². The number of hydrogen-bond acceptors (Lipinski definition) is 3. The van der Waals surface area contributed by atoms with E-state index in [1.54, 1.807) is 0 Å². The summed E-state index contributed by atoms with van der Waals surface area (Å²) >= 11 is 0. The summed E-state index contributed by atoms with van der Waals surface area (Å²) in [5.41, 5.74) is 12.3. The molecule has 0 N–H and O–H groups in total. The molecule has 0 fully saturated rings. The highest BCUT2D eigenvalue weighted by molar-refractivity contribution is 6.22. The van der Waals surface area contributed by atoms with Crippen LogP contribution in [-0.4, -0.2) is 24.1 Å². The van der Waals surface area contributed by atoms with E-state index in [4.69, 9.17) is 9.97 Å². The molecule has 5 heteroatoms. The first-order chi connectivity index (χ1) is 26.8. The van der Waals surface area contributed by atoms with Crippen molar-refractivity contribution < 1.29 is 0 Å². The van der Waals surface area contributed by atoms with E-state index >= 15 is 0 Å². The summed E-state index contributed by atoms with van der Waals surface area (Å²) < 4.78 is 4.76. The van der Waals surface area contributed by atoms with Crippen LogP contribution in [0.5, 0.6) is 0 Å². The second-order valence-corrected chi connectivity index (χ2v) is 13.7. The first-order valence-electron chi connectivity index (χ1n) is 18.2. The smallest absolute Gasteiger partial charge is 0.0900 e. The molecule has 6 aromatic carbocycles. The molecule has 5 aromatic heterocycles. The predicted molar refractivity (Wildman–Crippen MR) is 222 cm³/mol. The zero-order chi connectivity index (χ0) is 35.6. The van der Waals surface area contributed by atoms with Crippen molar-refractivity contribution in [1.29, 1.82) is 0 Å². The van der Waals surface area contributed by atoms with Crippen LogP contribution in [0, 0.1) is 0 Å². The van der Waals surface area contributed by atoms with Gasteiger partial charge < -0.3 is 9.13 Å². The highest BCUT2D eigenvalue weighted by Crippen LogP contribution is 2.41. The van der Waals surface area contributed by atoms with Gasteiger partial charge in [0, 0.05) is 49.9 Å². The molecular formula is C49H31N5. The van der Waals surface area contributed by atoms with Crippen LogP contribution >= 0.6 is 0 Å². The van der Waals surface area contributed by atoms with Gasteiger partial charge in [-0.3, -0.25) is 9.97 Å². The molecule has 0 bridgehead atoms. The fraction of sp³-hybridized carbons (Fsp3) is 0. The van der Waals surface area contributed by atoms with E-state index in [0.717, 1.165) is 56.3 Å². The molecule has 11 rings (SSSR count). The molecular weight excluding hydrogens is 659 g/mol. The van der Waals surface area contributed by atoms with Crippen LogP contribution in [0.4, 0.5) is 0 Å². The Morgan fingerprint density at radius 2 is 1.06 bits per heavy atom. The van der Waals surface area contributed by atoms with Gasteiger partial charge in [-0.25, -0.2) is 4.98 Å². The van der Waals surface area contributed by atoms with E-state index in [-0.39, 0.29) is 0 Å². The Morgan fingerprint density at radius 3 is 1.81 bits per heavy atom. The fourth-order valence-corrected chi connectivity index (χ4v) is 8.14. The van der Waals surface area contributed by atoms with Crippen molar-refractivity contribution >= 4 is 54.4 Å². The number of benzene rings is 6. The number of aromatic nitrogens is 5. The van der Waals surface area contributed by atoms with E-state index in [0.29, 0.717) is 0 Å². The third-order valence-corrected chi connectivity index (χ3v) is 10.6. The molecule has 0 unspecified atom stereocenters. The van der Waals surface area contributed by atoms with E-state index in [9.17, 15) is 0 Å². The van der Waals surface area contributed by atoms with Crippen LogP contribution in [0.15, 0.2) is 188 Å². The van der Waals surface area contributed by atoms with Crippen LogP contribution in [0.25, 0.3) is 99.7 Å². The van der Waals surface area contributed by atoms with E-state index in [1.165, 1.54) is 43.4 Å². The van der Waals surface area contributed by atoms with Crippen LogP contribution in [-0.2, 0) is 0 Å². The maximum Gasteiger partial charge on any atom is 0.0900 e. The number of nitrogens with zero attached hydrogens (tertiary/aromatic N) is 5. The van der Waals surface area contributed by atoms with Crippen LogP contribution in [0.2, 0.25) is 0 Å². The SMILES string of the molecule is c1ccc(-c2cc(-c3ccccn3)cc(-c3ccc(-n4c5ccccc5c5cc6c(ccc7c8ccccc8n(-c8ccccc8)c67)cc54)cn3)n2)cc1. The van der Waals surface area contributed by atoms with Gasteiger partial charge in [0.1, 0.15) is 0 Å². The Bertz CT molecular complexity index is 3120. The molecule has 5 nitrogen and oxygen atoms in total. The summed E-state index contributed by atoms with van der Waals surface area (Å²) in [7, 11) is 0. The molecule has 0 amide bonds. The maximum absolute atomic E-state index is 5.10. The quantitative estimate of drug-likeness (QED) is 0.181. The fourth-order valence-electron chi connectivity index (χ4n) is 8.14. The molecule has 0 aliphatic heterocycles. The van der Waals surface area contributed by atoms with Gasteiger partial charge in [0.25, 0.3) is 0 Å². The highest BCUT2D eigenvalue weighted by atomic mass is 15.0. The zero-order valence-corrected chi connectivity index (χ0v) is 29.1. The lowest BCUT2D eigenvalue weighted by molar-refractivity contribution is 1.14. The van der Waals surface area contributed by atoms with E-state index in [2.05, 4.69) is 154 Å². The normalized spacial score (nSPS) is 11.7. The maximum atomic E-state index is 5.10. The minimum absolute atomic E-state index is 0.801. The first-order valence-corrected chi connectivity index (χ1v) is 18.2. The zero-order valence-electron chi connectivity index (χ0n) is 29.1. The van der Waals surface area contributed by atoms with Crippen LogP contribution in [0.1, 0.15) is 0 Å². The summed E-state index contributed by atoms with van der Waals surface area (Å²) in [5.74, 6) is 0. The van der Waals surface area contributed by atoms with E-state index in [1.807, 2.05) is 48.8 Å². The topological polar surface area (TPSA) is 48.5 Å². The molecule has 0 spiro atoms. The van der Waals surface area contributed by atoms with E-state index < -0.39 is 0 Å². The number of fused-ring (bicyclic) bond motifs is 8. The van der Waals surface area contributed by atoms with Crippen molar-refractivity contribution in [2.24, 2.45) is 0 Å². The Balaban J connectivity index is 1.10. The minimum Gasteiger partial charge on any atom is -0.309 e. The largest absolute Gasteiger partial charge is 0.309 e. The number of pyridine rings is 3. The van der Waals surface area contributed by atoms with Gasteiger partial charge in [0.2, 0.25) is 0 Å². The lowest BCUT2D eigenvalue weighted by Crippen LogP contribution is -1.97. The van der Waals surface area contributed by atoms with Gasteiger partial charge in [-0.15, -0.1) is 0 Å². The van der Waals surface area contributed by atoms with Crippen LogP contribution in [0.3, 0.4) is 0 Å². The van der Waals surface area contributed by atoms with Gasteiger partial charge in [0.05, 0.1) is 56.7 Å². The second-order valence-electron chi connectivity index (χ2n) is 13.7. The highest BCUT2D eigenvalue weighted by Gasteiger charge is 2.19. The molecule has 0 radical (unpaired) electrons. The Kier molecular flexibility index (Phi) is 6.79. The summed E-state index contributed by atoms with van der Waals surface area (Å²) in [6.45, 7) is 0. The molecule has 0 atom stereocenters.